The average molecular weight is 545 g/mol. The molecule has 0 radical (unpaired) electrons. The standard InChI is InChI=1S/C28H29F3N3O3S/c1-37-19-27-15-20-16-34(24-4-2-22(29)3-5-24)26(20)14-21(27)10-12-33(17-27)38(35,36)25-8-6-23(7-9-25)32-13-11-28(30,31)18-32/h2-9,14,16H,10-13,15,17-19H2,1H3/q+1. The maximum atomic E-state index is 13.6. The number of benzene rings is 2. The van der Waals surface area contributed by atoms with Gasteiger partial charge >= 0.3 is 0 Å². The molecule has 2 fully saturated rings. The molecule has 6 nitrogen and oxygen atoms in total. The van der Waals surface area contributed by atoms with E-state index in [-0.39, 0.29) is 36.8 Å². The number of piperidine rings is 1. The number of methoxy groups -OCH3 is 1. The van der Waals surface area contributed by atoms with Gasteiger partial charge in [-0.1, -0.05) is 5.57 Å². The molecule has 0 aromatic heterocycles. The summed E-state index contributed by atoms with van der Waals surface area (Å²) < 4.78 is 77.1. The minimum atomic E-state index is -3.79. The Morgan fingerprint density at radius 3 is 2.42 bits per heavy atom. The molecule has 1 atom stereocenters. The second kappa shape index (κ2) is 9.07. The van der Waals surface area contributed by atoms with Gasteiger partial charge in [0, 0.05) is 62.5 Å². The smallest absolute Gasteiger partial charge is 0.266 e. The highest BCUT2D eigenvalue weighted by Gasteiger charge is 2.50. The van der Waals surface area contributed by atoms with Gasteiger partial charge in [0.25, 0.3) is 5.92 Å². The summed E-state index contributed by atoms with van der Waals surface area (Å²) in [5.74, 6) is -3.01. The van der Waals surface area contributed by atoms with Gasteiger partial charge in [-0.25, -0.2) is 21.6 Å². The van der Waals surface area contributed by atoms with E-state index in [9.17, 15) is 21.6 Å². The van der Waals surface area contributed by atoms with Gasteiger partial charge in [0.1, 0.15) is 5.82 Å². The number of allylic oxidation sites excluding steroid dienone is 2. The molecular formula is C28H29F3N3O3S+. The fraction of sp³-hybridized carbons (Fsp3) is 0.393. The zero-order chi connectivity index (χ0) is 26.7. The van der Waals surface area contributed by atoms with Crippen LogP contribution in [0, 0.1) is 11.2 Å². The SMILES string of the molecule is COCC12CC3=C[N+](c4ccc(F)cc4)=C3C=C1CCN(S(=O)(=O)c1ccc(N3CCC(F)(F)C3)cc1)C2. The van der Waals surface area contributed by atoms with Gasteiger partial charge in [0.05, 0.1) is 23.6 Å². The lowest BCUT2D eigenvalue weighted by Crippen LogP contribution is -2.52. The molecule has 0 spiro atoms. The monoisotopic (exact) mass is 544 g/mol. The zero-order valence-corrected chi connectivity index (χ0v) is 21.9. The molecule has 6 rings (SSSR count). The first-order valence-corrected chi connectivity index (χ1v) is 14.1. The van der Waals surface area contributed by atoms with Crippen LogP contribution in [0.15, 0.2) is 76.8 Å². The second-order valence-corrected chi connectivity index (χ2v) is 12.5. The van der Waals surface area contributed by atoms with E-state index in [0.29, 0.717) is 31.7 Å². The van der Waals surface area contributed by atoms with E-state index in [1.165, 1.54) is 28.6 Å². The Morgan fingerprint density at radius 1 is 1.03 bits per heavy atom. The van der Waals surface area contributed by atoms with Gasteiger partial charge in [-0.05, 0) is 49.2 Å². The minimum absolute atomic E-state index is 0.153. The summed E-state index contributed by atoms with van der Waals surface area (Å²) in [6.07, 6.45) is 5.16. The van der Waals surface area contributed by atoms with Crippen LogP contribution in [0.3, 0.4) is 0 Å². The molecule has 3 heterocycles. The van der Waals surface area contributed by atoms with Gasteiger partial charge in [-0.2, -0.15) is 8.88 Å². The summed E-state index contributed by atoms with van der Waals surface area (Å²) in [6.45, 7) is 0.896. The van der Waals surface area contributed by atoms with Crippen LogP contribution in [0.25, 0.3) is 0 Å². The Balaban J connectivity index is 1.25. The van der Waals surface area contributed by atoms with Crippen molar-refractivity contribution < 1.29 is 30.9 Å². The highest BCUT2D eigenvalue weighted by molar-refractivity contribution is 7.89. The molecule has 200 valence electrons. The fourth-order valence-corrected chi connectivity index (χ4v) is 7.58. The number of nitrogens with zero attached hydrogens (tertiary/aromatic N) is 3. The van der Waals surface area contributed by atoms with Gasteiger partial charge in [-0.3, -0.25) is 0 Å². The third-order valence-corrected chi connectivity index (χ3v) is 9.90. The Bertz CT molecular complexity index is 1470. The van der Waals surface area contributed by atoms with Gasteiger partial charge in [-0.15, -0.1) is 0 Å². The summed E-state index contributed by atoms with van der Waals surface area (Å²) in [5, 5.41) is 0. The van der Waals surface area contributed by atoms with Crippen LogP contribution in [0.4, 0.5) is 24.5 Å². The summed E-state index contributed by atoms with van der Waals surface area (Å²) in [4.78, 5) is 1.74. The number of rotatable bonds is 6. The Labute approximate surface area is 220 Å². The third-order valence-electron chi connectivity index (χ3n) is 8.04. The molecule has 0 saturated carbocycles. The lowest BCUT2D eigenvalue weighted by Gasteiger charge is -2.46. The maximum absolute atomic E-state index is 13.6. The largest absolute Gasteiger partial charge is 0.384 e. The average Bonchev–Trinajstić information content (AvgIpc) is 3.25. The molecular weight excluding hydrogens is 515 g/mol. The van der Waals surface area contributed by atoms with E-state index in [4.69, 9.17) is 4.74 Å². The van der Waals surface area contributed by atoms with Crippen LogP contribution in [0.1, 0.15) is 19.3 Å². The van der Waals surface area contributed by atoms with Crippen molar-refractivity contribution in [3.8, 4) is 0 Å². The van der Waals surface area contributed by atoms with Crippen molar-refractivity contribution in [3.05, 3.63) is 77.8 Å². The topological polar surface area (TPSA) is 52.9 Å². The predicted octanol–water partition coefficient (Wildman–Crippen LogP) is 4.71. The normalized spacial score (nSPS) is 24.9. The molecule has 2 aromatic carbocycles. The van der Waals surface area contributed by atoms with Crippen molar-refractivity contribution >= 4 is 27.1 Å². The summed E-state index contributed by atoms with van der Waals surface area (Å²) in [5.41, 5.74) is 4.31. The van der Waals surface area contributed by atoms with E-state index in [1.54, 1.807) is 36.3 Å². The van der Waals surface area contributed by atoms with Crippen LogP contribution >= 0.6 is 0 Å². The second-order valence-electron chi connectivity index (χ2n) is 10.6. The highest BCUT2D eigenvalue weighted by Crippen LogP contribution is 2.47. The fourth-order valence-electron chi connectivity index (χ4n) is 6.05. The molecule has 38 heavy (non-hydrogen) atoms. The number of alkyl halides is 2. The quantitative estimate of drug-likeness (QED) is 0.495. The molecule has 1 unspecified atom stereocenters. The molecule has 2 saturated heterocycles. The molecule has 1 aliphatic carbocycles. The Morgan fingerprint density at radius 2 is 1.76 bits per heavy atom. The predicted molar refractivity (Wildman–Crippen MR) is 138 cm³/mol. The van der Waals surface area contributed by atoms with E-state index in [0.717, 1.165) is 22.5 Å². The van der Waals surface area contributed by atoms with Crippen molar-refractivity contribution in [2.45, 2.75) is 30.1 Å². The van der Waals surface area contributed by atoms with E-state index in [2.05, 4.69) is 6.08 Å². The van der Waals surface area contributed by atoms with Crippen LogP contribution in [-0.4, -0.2) is 68.8 Å². The molecule has 3 aliphatic heterocycles. The highest BCUT2D eigenvalue weighted by atomic mass is 32.2. The third kappa shape index (κ3) is 4.28. The summed E-state index contributed by atoms with van der Waals surface area (Å²) in [6, 6.07) is 12.6. The number of sulfonamides is 1. The van der Waals surface area contributed by atoms with Crippen molar-refractivity contribution in [3.63, 3.8) is 0 Å². The number of anilines is 1. The minimum Gasteiger partial charge on any atom is -0.384 e. The molecule has 2 aromatic rings. The van der Waals surface area contributed by atoms with E-state index in [1.807, 2.05) is 10.8 Å². The van der Waals surface area contributed by atoms with E-state index >= 15 is 0 Å². The lowest BCUT2D eigenvalue weighted by molar-refractivity contribution is -0.374. The number of ether oxygens (including phenoxy) is 1. The van der Waals surface area contributed by atoms with Crippen LogP contribution < -0.4 is 4.90 Å². The van der Waals surface area contributed by atoms with Gasteiger partial charge in [0.2, 0.25) is 21.4 Å². The summed E-state index contributed by atoms with van der Waals surface area (Å²) in [7, 11) is -2.17. The van der Waals surface area contributed by atoms with Crippen molar-refractivity contribution in [1.29, 1.82) is 0 Å². The first-order valence-electron chi connectivity index (χ1n) is 12.7. The molecule has 0 amide bonds. The van der Waals surface area contributed by atoms with E-state index < -0.39 is 21.4 Å². The lowest BCUT2D eigenvalue weighted by atomic mass is 9.67. The van der Waals surface area contributed by atoms with Crippen LogP contribution in [0.2, 0.25) is 0 Å². The van der Waals surface area contributed by atoms with Crippen LogP contribution in [0.5, 0.6) is 0 Å². The zero-order valence-electron chi connectivity index (χ0n) is 21.0. The molecule has 0 bridgehead atoms. The van der Waals surface area contributed by atoms with Crippen molar-refractivity contribution in [2.75, 3.05) is 44.8 Å². The van der Waals surface area contributed by atoms with Crippen molar-refractivity contribution in [2.24, 2.45) is 5.41 Å². The molecule has 4 aliphatic rings. The van der Waals surface area contributed by atoms with Gasteiger partial charge < -0.3 is 9.64 Å². The first-order chi connectivity index (χ1) is 18.1. The number of hydrogen-bond acceptors (Lipinski definition) is 4. The van der Waals surface area contributed by atoms with Crippen molar-refractivity contribution in [1.82, 2.24) is 4.31 Å². The molecule has 0 N–H and O–H groups in total. The van der Waals surface area contributed by atoms with Gasteiger partial charge in [0.15, 0.2) is 6.20 Å². The number of halogens is 3. The Hall–Kier alpha value is -2.95. The number of fused-ring (bicyclic) bond motifs is 2. The maximum Gasteiger partial charge on any atom is 0.266 e. The summed E-state index contributed by atoms with van der Waals surface area (Å²) >= 11 is 0. The van der Waals surface area contributed by atoms with Crippen LogP contribution in [-0.2, 0) is 14.8 Å². The Kier molecular flexibility index (Phi) is 6.04. The number of hydrogen-bond donors (Lipinski definition) is 0. The first kappa shape index (κ1) is 25.3. The molecule has 10 heteroatoms.